The zero-order valence-electron chi connectivity index (χ0n) is 12.6. The molecule has 2 rings (SSSR count). The van der Waals surface area contributed by atoms with Crippen molar-refractivity contribution in [3.63, 3.8) is 0 Å². The number of hydrogen-bond donors (Lipinski definition) is 0. The van der Waals surface area contributed by atoms with E-state index in [1.165, 1.54) is 39.6 Å². The van der Waals surface area contributed by atoms with Crippen molar-refractivity contribution >= 4 is 24.1 Å². The first-order valence-electron chi connectivity index (χ1n) is 7.34. The Balaban J connectivity index is 1.88. The average Bonchev–Trinajstić information content (AvgIpc) is 2.51. The maximum absolute atomic E-state index is 11.9. The van der Waals surface area contributed by atoms with Gasteiger partial charge in [0.05, 0.1) is 6.54 Å². The molecule has 0 aromatic carbocycles. The molecule has 0 N–H and O–H groups in total. The van der Waals surface area contributed by atoms with Gasteiger partial charge in [0.25, 0.3) is 0 Å². The Labute approximate surface area is 124 Å². The molecule has 2 heterocycles. The molecule has 0 bridgehead atoms. The van der Waals surface area contributed by atoms with Gasteiger partial charge in [0.1, 0.15) is 0 Å². The van der Waals surface area contributed by atoms with Gasteiger partial charge in [0.2, 0.25) is 11.8 Å². The lowest BCUT2D eigenvalue weighted by Crippen LogP contribution is -2.57. The molecule has 2 saturated heterocycles. The van der Waals surface area contributed by atoms with E-state index in [-0.39, 0.29) is 0 Å². The number of carbonyl (C=O) groups excluding carboxylic acids is 3. The van der Waals surface area contributed by atoms with Crippen LogP contribution in [0.1, 0.15) is 19.3 Å². The van der Waals surface area contributed by atoms with Crippen LogP contribution >= 0.6 is 0 Å². The molecule has 7 heteroatoms. The fourth-order valence-electron chi connectivity index (χ4n) is 2.63. The van der Waals surface area contributed by atoms with E-state index >= 15 is 0 Å². The van der Waals surface area contributed by atoms with Gasteiger partial charge in [-0.2, -0.15) is 0 Å². The first-order valence-corrected chi connectivity index (χ1v) is 7.34. The second kappa shape index (κ2) is 6.80. The van der Waals surface area contributed by atoms with E-state index in [4.69, 9.17) is 0 Å². The number of piperidine rings is 1. The van der Waals surface area contributed by atoms with Crippen molar-refractivity contribution in [1.82, 2.24) is 14.7 Å². The summed E-state index contributed by atoms with van der Waals surface area (Å²) in [6, 6.07) is -0.594. The minimum Gasteiger partial charge on any atom is -0.302 e. The summed E-state index contributed by atoms with van der Waals surface area (Å²) in [5.41, 5.74) is 0. The van der Waals surface area contributed by atoms with Gasteiger partial charge in [-0.1, -0.05) is 6.42 Å². The van der Waals surface area contributed by atoms with Gasteiger partial charge in [-0.25, -0.2) is 4.79 Å². The minimum absolute atomic E-state index is 0.509. The Hall–Kier alpha value is -1.76. The Morgan fingerprint density at radius 3 is 2.19 bits per heavy atom. The van der Waals surface area contributed by atoms with Gasteiger partial charge < -0.3 is 4.90 Å². The molecule has 0 unspecified atom stereocenters. The SMILES string of the molecule is CN1C(=O)C(C=NCCN2CCCCC2)C(=O)N(C)C1=O. The third-order valence-corrected chi connectivity index (χ3v) is 4.02. The van der Waals surface area contributed by atoms with Crippen LogP contribution in [-0.2, 0) is 9.59 Å². The number of urea groups is 1. The van der Waals surface area contributed by atoms with Crippen molar-refractivity contribution in [2.75, 3.05) is 40.3 Å². The van der Waals surface area contributed by atoms with E-state index in [2.05, 4.69) is 9.89 Å². The zero-order chi connectivity index (χ0) is 15.4. The molecule has 0 aliphatic carbocycles. The molecular weight excluding hydrogens is 272 g/mol. The van der Waals surface area contributed by atoms with Crippen LogP contribution in [-0.4, -0.2) is 79.0 Å². The van der Waals surface area contributed by atoms with Crippen LogP contribution in [0.2, 0.25) is 0 Å². The van der Waals surface area contributed by atoms with Gasteiger partial charge in [0, 0.05) is 26.9 Å². The Bertz CT molecular complexity index is 433. The molecule has 0 aromatic heterocycles. The molecular formula is C14H22N4O3. The number of barbiturate groups is 1. The molecule has 7 nitrogen and oxygen atoms in total. The van der Waals surface area contributed by atoms with E-state index in [1.54, 1.807) is 0 Å². The van der Waals surface area contributed by atoms with E-state index in [1.807, 2.05) is 0 Å². The topological polar surface area (TPSA) is 73.3 Å². The maximum Gasteiger partial charge on any atom is 0.332 e. The summed E-state index contributed by atoms with van der Waals surface area (Å²) in [5, 5.41) is 0. The molecule has 21 heavy (non-hydrogen) atoms. The van der Waals surface area contributed by atoms with Crippen molar-refractivity contribution in [3.8, 4) is 0 Å². The predicted molar refractivity (Wildman–Crippen MR) is 78.1 cm³/mol. The normalized spacial score (nSPS) is 22.7. The van der Waals surface area contributed by atoms with E-state index in [9.17, 15) is 14.4 Å². The van der Waals surface area contributed by atoms with Crippen LogP contribution in [0.3, 0.4) is 0 Å². The standard InChI is InChI=1S/C14H22N4O3/c1-16-12(19)11(13(20)17(2)14(16)21)10-15-6-9-18-7-4-3-5-8-18/h10-11H,3-9H2,1-2H3. The Morgan fingerprint density at radius 1 is 1.05 bits per heavy atom. The Kier molecular flexibility index (Phi) is 5.06. The number of carbonyl (C=O) groups is 3. The zero-order valence-corrected chi connectivity index (χ0v) is 12.6. The number of amides is 4. The molecule has 116 valence electrons. The van der Waals surface area contributed by atoms with Crippen LogP contribution in [0.25, 0.3) is 0 Å². The summed E-state index contributed by atoms with van der Waals surface area (Å²) in [6.45, 7) is 3.60. The number of nitrogens with zero attached hydrogens (tertiary/aromatic N) is 4. The summed E-state index contributed by atoms with van der Waals surface area (Å²) < 4.78 is 0. The first-order chi connectivity index (χ1) is 10.0. The monoisotopic (exact) mass is 294 g/mol. The van der Waals surface area contributed by atoms with Crippen molar-refractivity contribution in [3.05, 3.63) is 0 Å². The quantitative estimate of drug-likeness (QED) is 0.549. The molecule has 2 aliphatic heterocycles. The van der Waals surface area contributed by atoms with Crippen LogP contribution in [0.15, 0.2) is 4.99 Å². The highest BCUT2D eigenvalue weighted by molar-refractivity contribution is 6.23. The maximum atomic E-state index is 11.9. The predicted octanol–water partition coefficient (Wildman–Crippen LogP) is 0.210. The molecule has 4 amide bonds. The third-order valence-electron chi connectivity index (χ3n) is 4.02. The summed E-state index contributed by atoms with van der Waals surface area (Å²) in [7, 11) is 2.75. The van der Waals surface area contributed by atoms with E-state index in [0.717, 1.165) is 29.4 Å². The van der Waals surface area contributed by atoms with Crippen LogP contribution in [0.5, 0.6) is 0 Å². The number of hydrogen-bond acceptors (Lipinski definition) is 5. The van der Waals surface area contributed by atoms with Crippen molar-refractivity contribution < 1.29 is 14.4 Å². The summed E-state index contributed by atoms with van der Waals surface area (Å²) >= 11 is 0. The molecule has 2 fully saturated rings. The average molecular weight is 294 g/mol. The summed E-state index contributed by atoms with van der Waals surface area (Å²) in [6.07, 6.45) is 5.12. The molecule has 0 saturated carbocycles. The molecule has 0 aromatic rings. The lowest BCUT2D eigenvalue weighted by molar-refractivity contribution is -0.144. The lowest BCUT2D eigenvalue weighted by Gasteiger charge is -2.31. The van der Waals surface area contributed by atoms with Crippen molar-refractivity contribution in [2.45, 2.75) is 19.3 Å². The second-order valence-corrected chi connectivity index (χ2v) is 5.51. The lowest BCUT2D eigenvalue weighted by atomic mass is 10.1. The van der Waals surface area contributed by atoms with Crippen LogP contribution in [0.4, 0.5) is 4.79 Å². The number of rotatable bonds is 4. The largest absolute Gasteiger partial charge is 0.332 e. The number of imide groups is 2. The smallest absolute Gasteiger partial charge is 0.302 e. The van der Waals surface area contributed by atoms with Gasteiger partial charge in [-0.05, 0) is 25.9 Å². The highest BCUT2D eigenvalue weighted by Crippen LogP contribution is 2.13. The fraction of sp³-hybridized carbons (Fsp3) is 0.714. The van der Waals surface area contributed by atoms with Crippen molar-refractivity contribution in [1.29, 1.82) is 0 Å². The third kappa shape index (κ3) is 3.47. The molecule has 2 aliphatic rings. The molecule has 0 atom stereocenters. The summed E-state index contributed by atoms with van der Waals surface area (Å²) in [4.78, 5) is 43.9. The summed E-state index contributed by atoms with van der Waals surface area (Å²) in [5.74, 6) is -1.99. The second-order valence-electron chi connectivity index (χ2n) is 5.51. The van der Waals surface area contributed by atoms with E-state index in [0.29, 0.717) is 6.54 Å². The van der Waals surface area contributed by atoms with Crippen molar-refractivity contribution in [2.24, 2.45) is 10.9 Å². The highest BCUT2D eigenvalue weighted by atomic mass is 16.2. The van der Waals surface area contributed by atoms with Gasteiger partial charge in [-0.3, -0.25) is 24.4 Å². The van der Waals surface area contributed by atoms with Crippen LogP contribution < -0.4 is 0 Å². The molecule has 0 spiro atoms. The number of likely N-dealkylation sites (tertiary alicyclic amines) is 1. The fourth-order valence-corrected chi connectivity index (χ4v) is 2.63. The Morgan fingerprint density at radius 2 is 1.62 bits per heavy atom. The first kappa shape index (κ1) is 15.6. The van der Waals surface area contributed by atoms with Crippen LogP contribution in [0, 0.1) is 5.92 Å². The van der Waals surface area contributed by atoms with Gasteiger partial charge in [0.15, 0.2) is 5.92 Å². The highest BCUT2D eigenvalue weighted by Gasteiger charge is 2.41. The minimum atomic E-state index is -0.973. The number of aliphatic imine (C=N–C) groups is 1. The van der Waals surface area contributed by atoms with Gasteiger partial charge >= 0.3 is 6.03 Å². The van der Waals surface area contributed by atoms with E-state index < -0.39 is 23.8 Å². The van der Waals surface area contributed by atoms with Gasteiger partial charge in [-0.15, -0.1) is 0 Å². The molecule has 0 radical (unpaired) electrons.